The fraction of sp³-hybridized carbons (Fsp3) is 0.133. The molecule has 0 aliphatic rings. The molecule has 0 bridgehead atoms. The molecule has 2 rings (SSSR count). The van der Waals surface area contributed by atoms with Crippen LogP contribution in [0.15, 0.2) is 40.9 Å². The maximum atomic E-state index is 13.6. The number of para-hydroxylation sites is 1. The Balaban J connectivity index is 2.16. The number of carbonyl (C=O) groups excluding carboxylic acids is 1. The van der Waals surface area contributed by atoms with E-state index in [1.165, 1.54) is 13.2 Å². The molecule has 0 aliphatic heterocycles. The van der Waals surface area contributed by atoms with Gasteiger partial charge in [0, 0.05) is 11.0 Å². The number of nitrogens with one attached hydrogen (secondary N) is 1. The minimum Gasteiger partial charge on any atom is -0.465 e. The van der Waals surface area contributed by atoms with Crippen LogP contribution in [0.5, 0.6) is 0 Å². The number of hydrogen-bond donors (Lipinski definition) is 1. The van der Waals surface area contributed by atoms with Gasteiger partial charge < -0.3 is 10.1 Å². The summed E-state index contributed by atoms with van der Waals surface area (Å²) in [4.78, 5) is 11.4. The summed E-state index contributed by atoms with van der Waals surface area (Å²) in [5.41, 5.74) is 1.56. The maximum Gasteiger partial charge on any atom is 0.337 e. The monoisotopic (exact) mass is 371 g/mol. The van der Waals surface area contributed by atoms with Crippen LogP contribution < -0.4 is 5.32 Å². The van der Waals surface area contributed by atoms with Crippen molar-refractivity contribution in [3.63, 3.8) is 0 Å². The number of ether oxygens (including phenoxy) is 1. The van der Waals surface area contributed by atoms with Crippen LogP contribution in [0.2, 0.25) is 5.02 Å². The van der Waals surface area contributed by atoms with Gasteiger partial charge in [-0.25, -0.2) is 9.18 Å². The highest BCUT2D eigenvalue weighted by Crippen LogP contribution is 2.26. The zero-order valence-electron chi connectivity index (χ0n) is 11.1. The van der Waals surface area contributed by atoms with Crippen molar-refractivity contribution in [2.75, 3.05) is 12.4 Å². The van der Waals surface area contributed by atoms with E-state index in [1.54, 1.807) is 30.3 Å². The normalized spacial score (nSPS) is 10.3. The van der Waals surface area contributed by atoms with Crippen molar-refractivity contribution < 1.29 is 13.9 Å². The van der Waals surface area contributed by atoms with E-state index in [0.29, 0.717) is 17.1 Å². The van der Waals surface area contributed by atoms with Crippen LogP contribution in [0.4, 0.5) is 10.1 Å². The topological polar surface area (TPSA) is 38.3 Å². The lowest BCUT2D eigenvalue weighted by Gasteiger charge is -2.11. The molecule has 0 spiro atoms. The lowest BCUT2D eigenvalue weighted by Crippen LogP contribution is -2.05. The number of esters is 1. The molecule has 0 saturated carbocycles. The molecule has 0 saturated heterocycles. The van der Waals surface area contributed by atoms with Crippen LogP contribution in [-0.2, 0) is 11.3 Å². The van der Waals surface area contributed by atoms with Crippen LogP contribution in [-0.4, -0.2) is 13.1 Å². The van der Waals surface area contributed by atoms with Crippen molar-refractivity contribution >= 4 is 39.2 Å². The Kier molecular flexibility index (Phi) is 5.20. The zero-order valence-corrected chi connectivity index (χ0v) is 13.5. The lowest BCUT2D eigenvalue weighted by atomic mass is 10.1. The summed E-state index contributed by atoms with van der Waals surface area (Å²) >= 11 is 9.33. The van der Waals surface area contributed by atoms with E-state index in [4.69, 9.17) is 11.6 Å². The number of anilines is 1. The van der Waals surface area contributed by atoms with E-state index in [0.717, 1.165) is 10.0 Å². The maximum absolute atomic E-state index is 13.6. The predicted octanol–water partition coefficient (Wildman–Crippen LogP) is 4.64. The Hall–Kier alpha value is -1.59. The van der Waals surface area contributed by atoms with Crippen molar-refractivity contribution in [2.24, 2.45) is 0 Å². The largest absolute Gasteiger partial charge is 0.465 e. The highest BCUT2D eigenvalue weighted by Gasteiger charge is 2.10. The predicted molar refractivity (Wildman–Crippen MR) is 84.2 cm³/mol. The summed E-state index contributed by atoms with van der Waals surface area (Å²) in [6.07, 6.45) is 0. The molecule has 0 unspecified atom stereocenters. The number of carbonyl (C=O) groups is 1. The third-order valence-corrected chi connectivity index (χ3v) is 3.95. The molecule has 0 atom stereocenters. The quantitative estimate of drug-likeness (QED) is 0.795. The van der Waals surface area contributed by atoms with Crippen LogP contribution in [0.3, 0.4) is 0 Å². The first kappa shape index (κ1) is 15.8. The molecule has 3 nitrogen and oxygen atoms in total. The lowest BCUT2D eigenvalue weighted by molar-refractivity contribution is 0.0600. The Morgan fingerprint density at radius 2 is 2.14 bits per heavy atom. The summed E-state index contributed by atoms with van der Waals surface area (Å²) in [6, 6.07) is 9.57. The smallest absolute Gasteiger partial charge is 0.337 e. The average molecular weight is 373 g/mol. The number of benzene rings is 2. The molecule has 0 aromatic heterocycles. The van der Waals surface area contributed by atoms with Gasteiger partial charge in [-0.05, 0) is 29.8 Å². The highest BCUT2D eigenvalue weighted by atomic mass is 79.9. The molecule has 1 N–H and O–H groups in total. The van der Waals surface area contributed by atoms with Crippen molar-refractivity contribution in [1.82, 2.24) is 0 Å². The SMILES string of the molecule is COC(=O)c1ccc(CNc2c(F)cccc2Cl)c(Br)c1. The van der Waals surface area contributed by atoms with Gasteiger partial charge in [-0.15, -0.1) is 0 Å². The summed E-state index contributed by atoms with van der Waals surface area (Å²) in [7, 11) is 1.33. The van der Waals surface area contributed by atoms with Gasteiger partial charge in [-0.2, -0.15) is 0 Å². The first-order valence-electron chi connectivity index (χ1n) is 6.07. The van der Waals surface area contributed by atoms with Gasteiger partial charge in [0.05, 0.1) is 23.4 Å². The van der Waals surface area contributed by atoms with Gasteiger partial charge in [0.2, 0.25) is 0 Å². The molecule has 2 aromatic rings. The van der Waals surface area contributed by atoms with Gasteiger partial charge in [0.1, 0.15) is 5.82 Å². The summed E-state index contributed by atoms with van der Waals surface area (Å²) in [6.45, 7) is 0.364. The van der Waals surface area contributed by atoms with E-state index >= 15 is 0 Å². The van der Waals surface area contributed by atoms with Crippen LogP contribution in [0, 0.1) is 5.82 Å². The number of rotatable bonds is 4. The van der Waals surface area contributed by atoms with Crippen molar-refractivity contribution in [1.29, 1.82) is 0 Å². The molecular weight excluding hydrogens is 361 g/mol. The second kappa shape index (κ2) is 6.91. The summed E-state index contributed by atoms with van der Waals surface area (Å²) in [5, 5.41) is 3.26. The van der Waals surface area contributed by atoms with Gasteiger partial charge in [-0.1, -0.05) is 39.7 Å². The molecule has 110 valence electrons. The Morgan fingerprint density at radius 3 is 2.76 bits per heavy atom. The standard InChI is InChI=1S/C15H12BrClFNO2/c1-21-15(20)9-5-6-10(11(16)7-9)8-19-14-12(17)3-2-4-13(14)18/h2-7,19H,8H2,1H3. The first-order valence-corrected chi connectivity index (χ1v) is 7.24. The molecule has 21 heavy (non-hydrogen) atoms. The van der Waals surface area contributed by atoms with Crippen LogP contribution in [0.1, 0.15) is 15.9 Å². The minimum atomic E-state index is -0.412. The van der Waals surface area contributed by atoms with Gasteiger partial charge in [0.25, 0.3) is 0 Å². The third kappa shape index (κ3) is 3.74. The second-order valence-corrected chi connectivity index (χ2v) is 5.51. The van der Waals surface area contributed by atoms with Gasteiger partial charge in [0.15, 0.2) is 0 Å². The molecular formula is C15H12BrClFNO2. The molecule has 0 fully saturated rings. The molecule has 6 heteroatoms. The van der Waals surface area contributed by atoms with Crippen molar-refractivity contribution in [3.05, 3.63) is 62.8 Å². The highest BCUT2D eigenvalue weighted by molar-refractivity contribution is 9.10. The van der Waals surface area contributed by atoms with Crippen molar-refractivity contribution in [3.8, 4) is 0 Å². The Morgan fingerprint density at radius 1 is 1.38 bits per heavy atom. The fourth-order valence-corrected chi connectivity index (χ4v) is 2.53. The van der Waals surface area contributed by atoms with Crippen LogP contribution >= 0.6 is 27.5 Å². The number of halogens is 3. The number of methoxy groups -OCH3 is 1. The molecule has 0 heterocycles. The van der Waals surface area contributed by atoms with E-state index in [2.05, 4.69) is 26.0 Å². The van der Waals surface area contributed by atoms with Gasteiger partial charge in [-0.3, -0.25) is 0 Å². The molecule has 0 amide bonds. The first-order chi connectivity index (χ1) is 10.0. The molecule has 2 aromatic carbocycles. The molecule has 0 radical (unpaired) electrons. The van der Waals surface area contributed by atoms with Gasteiger partial charge >= 0.3 is 5.97 Å². The summed E-state index contributed by atoms with van der Waals surface area (Å²) in [5.74, 6) is -0.822. The van der Waals surface area contributed by atoms with E-state index < -0.39 is 11.8 Å². The molecule has 0 aliphatic carbocycles. The Labute approximate surface area is 135 Å². The third-order valence-electron chi connectivity index (χ3n) is 2.89. The van der Waals surface area contributed by atoms with E-state index in [-0.39, 0.29) is 5.69 Å². The van der Waals surface area contributed by atoms with E-state index in [9.17, 15) is 9.18 Å². The zero-order chi connectivity index (χ0) is 15.4. The Bertz CT molecular complexity index is 658. The summed E-state index contributed by atoms with van der Waals surface area (Å²) < 4.78 is 19.0. The van der Waals surface area contributed by atoms with E-state index in [1.807, 2.05) is 0 Å². The second-order valence-electron chi connectivity index (χ2n) is 4.25. The van der Waals surface area contributed by atoms with Crippen LogP contribution in [0.25, 0.3) is 0 Å². The van der Waals surface area contributed by atoms with Crippen molar-refractivity contribution in [2.45, 2.75) is 6.54 Å². The minimum absolute atomic E-state index is 0.253. The fourth-order valence-electron chi connectivity index (χ4n) is 1.79. The average Bonchev–Trinajstić information content (AvgIpc) is 2.47. The number of hydrogen-bond acceptors (Lipinski definition) is 3.